The van der Waals surface area contributed by atoms with Gasteiger partial charge in [0, 0.05) is 25.3 Å². The Morgan fingerprint density at radius 3 is 2.53 bits per heavy atom. The number of guanidine groups is 1. The monoisotopic (exact) mass is 551 g/mol. The predicted molar refractivity (Wildman–Crippen MR) is 129 cm³/mol. The first-order valence-corrected chi connectivity index (χ1v) is 11.3. The number of nitrogens with one attached hydrogen (secondary N) is 2. The Morgan fingerprint density at radius 2 is 1.97 bits per heavy atom. The number of sulfone groups is 1. The van der Waals surface area contributed by atoms with Crippen molar-refractivity contribution in [2.45, 2.75) is 45.1 Å². The maximum absolute atomic E-state index is 13.8. The molecule has 0 spiro atoms. The molecule has 0 aliphatic rings. The molecule has 1 unspecified atom stereocenters. The van der Waals surface area contributed by atoms with E-state index in [0.29, 0.717) is 12.5 Å². The summed E-state index contributed by atoms with van der Waals surface area (Å²) in [6, 6.07) is 5.46. The van der Waals surface area contributed by atoms with E-state index in [-0.39, 0.29) is 47.2 Å². The molecule has 0 bridgehead atoms. The first-order valence-electron chi connectivity index (χ1n) is 9.67. The Morgan fingerprint density at radius 1 is 1.30 bits per heavy atom. The molecule has 2 aromatic rings. The van der Waals surface area contributed by atoms with Gasteiger partial charge in [-0.05, 0) is 51.8 Å². The summed E-state index contributed by atoms with van der Waals surface area (Å²) in [6.07, 6.45) is 0.767. The van der Waals surface area contributed by atoms with Crippen LogP contribution in [-0.4, -0.2) is 49.0 Å². The third kappa shape index (κ3) is 6.93. The molecule has 0 fully saturated rings. The molecule has 7 nitrogen and oxygen atoms in total. The largest absolute Gasteiger partial charge is 0.357 e. The van der Waals surface area contributed by atoms with Gasteiger partial charge in [-0.3, -0.25) is 9.67 Å². The minimum Gasteiger partial charge on any atom is -0.357 e. The minimum atomic E-state index is -3.74. The Balaban J connectivity index is 0.00000450. The van der Waals surface area contributed by atoms with E-state index in [1.807, 2.05) is 39.4 Å². The molecule has 168 valence electrons. The lowest BCUT2D eigenvalue weighted by atomic mass is 10.1. The first-order chi connectivity index (χ1) is 13.7. The maximum Gasteiger partial charge on any atom is 0.191 e. The zero-order chi connectivity index (χ0) is 21.6. The zero-order valence-electron chi connectivity index (χ0n) is 18.1. The van der Waals surface area contributed by atoms with Crippen molar-refractivity contribution in [3.8, 4) is 0 Å². The van der Waals surface area contributed by atoms with Crippen molar-refractivity contribution in [2.75, 3.05) is 18.8 Å². The van der Waals surface area contributed by atoms with E-state index in [1.54, 1.807) is 0 Å². The Bertz CT molecular complexity index is 976. The van der Waals surface area contributed by atoms with Crippen LogP contribution in [0.1, 0.15) is 30.8 Å². The highest BCUT2D eigenvalue weighted by Gasteiger charge is 2.18. The van der Waals surface area contributed by atoms with Gasteiger partial charge >= 0.3 is 0 Å². The van der Waals surface area contributed by atoms with Crippen LogP contribution in [0, 0.1) is 19.7 Å². The molecule has 2 N–H and O–H groups in total. The summed E-state index contributed by atoms with van der Waals surface area (Å²) in [5, 5.41) is 10.9. The number of aliphatic imine (C=N–C) groups is 1. The summed E-state index contributed by atoms with van der Waals surface area (Å²) in [5.74, 6) is -0.472. The molecule has 1 heterocycles. The first kappa shape index (κ1) is 26.3. The van der Waals surface area contributed by atoms with Gasteiger partial charge in [-0.15, -0.1) is 24.0 Å². The topological polar surface area (TPSA) is 88.4 Å². The fourth-order valence-electron chi connectivity index (χ4n) is 3.11. The fourth-order valence-corrected chi connectivity index (χ4v) is 4.31. The van der Waals surface area contributed by atoms with Crippen LogP contribution in [-0.2, 0) is 23.3 Å². The van der Waals surface area contributed by atoms with Gasteiger partial charge in [-0.1, -0.05) is 12.1 Å². The van der Waals surface area contributed by atoms with Crippen molar-refractivity contribution in [3.63, 3.8) is 0 Å². The second-order valence-corrected chi connectivity index (χ2v) is 9.11. The number of hydrogen-bond acceptors (Lipinski definition) is 4. The molecule has 10 heteroatoms. The Labute approximate surface area is 195 Å². The highest BCUT2D eigenvalue weighted by atomic mass is 127. The zero-order valence-corrected chi connectivity index (χ0v) is 21.2. The van der Waals surface area contributed by atoms with Crippen molar-refractivity contribution < 1.29 is 12.8 Å². The fraction of sp³-hybridized carbons (Fsp3) is 0.500. The lowest BCUT2D eigenvalue weighted by Crippen LogP contribution is -2.43. The van der Waals surface area contributed by atoms with Gasteiger partial charge < -0.3 is 10.6 Å². The van der Waals surface area contributed by atoms with Gasteiger partial charge in [-0.2, -0.15) is 5.10 Å². The molecule has 0 amide bonds. The number of rotatable bonds is 8. The lowest BCUT2D eigenvalue weighted by Gasteiger charge is -2.18. The van der Waals surface area contributed by atoms with Gasteiger partial charge in [0.15, 0.2) is 15.8 Å². The lowest BCUT2D eigenvalue weighted by molar-refractivity contribution is 0.567. The second kappa shape index (κ2) is 11.6. The molecule has 1 aromatic heterocycles. The van der Waals surface area contributed by atoms with Gasteiger partial charge in [0.05, 0.1) is 18.0 Å². The molecule has 0 saturated heterocycles. The highest BCUT2D eigenvalue weighted by Crippen LogP contribution is 2.15. The number of aryl methyl sites for hydroxylation is 2. The van der Waals surface area contributed by atoms with E-state index < -0.39 is 15.7 Å². The van der Waals surface area contributed by atoms with Crippen LogP contribution < -0.4 is 10.6 Å². The van der Waals surface area contributed by atoms with Gasteiger partial charge in [0.2, 0.25) is 0 Å². The number of aromatic nitrogens is 2. The van der Waals surface area contributed by atoms with E-state index in [2.05, 4.69) is 20.7 Å². The van der Waals surface area contributed by atoms with Crippen LogP contribution in [0.2, 0.25) is 0 Å². The summed E-state index contributed by atoms with van der Waals surface area (Å²) in [4.78, 5) is 4.07. The molecule has 0 aliphatic carbocycles. The minimum absolute atomic E-state index is 0. The van der Waals surface area contributed by atoms with Crippen molar-refractivity contribution in [1.82, 2.24) is 20.4 Å². The van der Waals surface area contributed by atoms with Crippen LogP contribution in [0.3, 0.4) is 0 Å². The standard InChI is InChI=1S/C20H30FN5O2S.HI/c1-6-22-20(24-14(2)13-17-15(3)25-26(5)16(17)4)23-11-12-29(27,28)19-10-8-7-9-18(19)21;/h7-10,14H,6,11-13H2,1-5H3,(H2,22,23,24);1H. The molecule has 1 atom stereocenters. The molecule has 30 heavy (non-hydrogen) atoms. The van der Waals surface area contributed by atoms with E-state index >= 15 is 0 Å². The van der Waals surface area contributed by atoms with E-state index in [9.17, 15) is 12.8 Å². The average molecular weight is 551 g/mol. The van der Waals surface area contributed by atoms with Crippen LogP contribution in [0.15, 0.2) is 34.2 Å². The highest BCUT2D eigenvalue weighted by molar-refractivity contribution is 14.0. The Kier molecular flexibility index (Phi) is 10.2. The van der Waals surface area contributed by atoms with Gasteiger partial charge in [0.25, 0.3) is 0 Å². The molecule has 0 aliphatic heterocycles. The SMILES string of the molecule is CCNC(=NCCS(=O)(=O)c1ccccc1F)NC(C)Cc1c(C)nn(C)c1C.I. The molecule has 0 saturated carbocycles. The number of nitrogens with zero attached hydrogens (tertiary/aromatic N) is 3. The van der Waals surface area contributed by atoms with Crippen molar-refractivity contribution in [2.24, 2.45) is 12.0 Å². The van der Waals surface area contributed by atoms with Gasteiger partial charge in [-0.25, -0.2) is 12.8 Å². The number of hydrogen-bond donors (Lipinski definition) is 2. The smallest absolute Gasteiger partial charge is 0.191 e. The summed E-state index contributed by atoms with van der Waals surface area (Å²) < 4.78 is 40.4. The summed E-state index contributed by atoms with van der Waals surface area (Å²) in [5.41, 5.74) is 3.30. The molecular formula is C20H31FIN5O2S. The van der Waals surface area contributed by atoms with E-state index in [4.69, 9.17) is 0 Å². The van der Waals surface area contributed by atoms with E-state index in [1.165, 1.54) is 23.8 Å². The van der Waals surface area contributed by atoms with Crippen LogP contribution in [0.25, 0.3) is 0 Å². The van der Waals surface area contributed by atoms with Gasteiger partial charge in [0.1, 0.15) is 10.7 Å². The third-order valence-corrected chi connectivity index (χ3v) is 6.42. The van der Waals surface area contributed by atoms with Crippen LogP contribution in [0.4, 0.5) is 4.39 Å². The van der Waals surface area contributed by atoms with Crippen LogP contribution in [0.5, 0.6) is 0 Å². The number of halogens is 2. The normalized spacial score (nSPS) is 12.9. The quantitative estimate of drug-likeness (QED) is 0.300. The maximum atomic E-state index is 13.8. The predicted octanol–water partition coefficient (Wildman–Crippen LogP) is 2.75. The molecule has 2 rings (SSSR count). The Hall–Kier alpha value is -1.69. The van der Waals surface area contributed by atoms with Crippen molar-refractivity contribution >= 4 is 39.8 Å². The summed E-state index contributed by atoms with van der Waals surface area (Å²) in [7, 11) is -1.81. The summed E-state index contributed by atoms with van der Waals surface area (Å²) >= 11 is 0. The number of benzene rings is 1. The second-order valence-electron chi connectivity index (χ2n) is 7.03. The summed E-state index contributed by atoms with van der Waals surface area (Å²) in [6.45, 7) is 8.67. The van der Waals surface area contributed by atoms with Crippen LogP contribution >= 0.6 is 24.0 Å². The van der Waals surface area contributed by atoms with E-state index in [0.717, 1.165) is 23.9 Å². The average Bonchev–Trinajstić information content (AvgIpc) is 2.88. The molecule has 1 aromatic carbocycles. The van der Waals surface area contributed by atoms with Crippen molar-refractivity contribution in [1.29, 1.82) is 0 Å². The molecule has 0 radical (unpaired) electrons. The molecular weight excluding hydrogens is 520 g/mol. The third-order valence-electron chi connectivity index (χ3n) is 4.70. The van der Waals surface area contributed by atoms with Crippen molar-refractivity contribution in [3.05, 3.63) is 47.0 Å².